The van der Waals surface area contributed by atoms with E-state index in [1.165, 1.54) is 12.0 Å². The number of rotatable bonds is 6. The van der Waals surface area contributed by atoms with Gasteiger partial charge in [-0.1, -0.05) is 24.6 Å². The van der Waals surface area contributed by atoms with Crippen molar-refractivity contribution in [3.63, 3.8) is 0 Å². The maximum atomic E-state index is 4.26. The number of hydrogen-bond donors (Lipinski definition) is 1. The van der Waals surface area contributed by atoms with E-state index >= 15 is 0 Å². The second-order valence-corrected chi connectivity index (χ2v) is 4.76. The standard InChI is InChI=1S/C14H24N2/c1-4-12(2)8-13(3)9-16-11-14-6-5-7-15-10-14/h4-7,13-14,16H,8-11H2,1-3H3/b12-4-/t13-,14?/m0/s1. The lowest BCUT2D eigenvalue weighted by Crippen LogP contribution is -2.28. The average Bonchev–Trinajstić information content (AvgIpc) is 2.30. The fraction of sp³-hybridized carbons (Fsp3) is 0.643. The van der Waals surface area contributed by atoms with Gasteiger partial charge in [0.2, 0.25) is 0 Å². The summed E-state index contributed by atoms with van der Waals surface area (Å²) in [4.78, 5) is 4.26. The zero-order valence-electron chi connectivity index (χ0n) is 10.7. The minimum Gasteiger partial charge on any atom is -0.316 e. The summed E-state index contributed by atoms with van der Waals surface area (Å²) in [5.74, 6) is 1.30. The molecule has 1 N–H and O–H groups in total. The van der Waals surface area contributed by atoms with Gasteiger partial charge in [0.05, 0.1) is 0 Å². The van der Waals surface area contributed by atoms with Crippen LogP contribution in [0.1, 0.15) is 27.2 Å². The van der Waals surface area contributed by atoms with E-state index in [9.17, 15) is 0 Å². The Balaban J connectivity index is 2.10. The molecular formula is C14H24N2. The Labute approximate surface area is 99.5 Å². The van der Waals surface area contributed by atoms with Gasteiger partial charge in [-0.2, -0.15) is 0 Å². The highest BCUT2D eigenvalue weighted by Crippen LogP contribution is 2.10. The van der Waals surface area contributed by atoms with Gasteiger partial charge >= 0.3 is 0 Å². The Morgan fingerprint density at radius 2 is 2.44 bits per heavy atom. The molecule has 1 heterocycles. The lowest BCUT2D eigenvalue weighted by molar-refractivity contribution is 0.478. The van der Waals surface area contributed by atoms with Gasteiger partial charge in [-0.3, -0.25) is 4.99 Å². The van der Waals surface area contributed by atoms with E-state index < -0.39 is 0 Å². The number of aliphatic imine (C=N–C) groups is 1. The van der Waals surface area contributed by atoms with Crippen molar-refractivity contribution in [2.75, 3.05) is 19.6 Å². The molecule has 0 aromatic rings. The Bertz CT molecular complexity index is 276. The molecule has 1 aliphatic rings. The molecule has 0 radical (unpaired) electrons. The summed E-state index contributed by atoms with van der Waals surface area (Å²) in [7, 11) is 0. The van der Waals surface area contributed by atoms with Crippen LogP contribution in [0.4, 0.5) is 0 Å². The molecular weight excluding hydrogens is 196 g/mol. The van der Waals surface area contributed by atoms with Gasteiger partial charge < -0.3 is 5.32 Å². The molecule has 0 aromatic carbocycles. The van der Waals surface area contributed by atoms with Gasteiger partial charge in [0.1, 0.15) is 0 Å². The highest BCUT2D eigenvalue weighted by atomic mass is 14.9. The van der Waals surface area contributed by atoms with Gasteiger partial charge in [0.15, 0.2) is 0 Å². The van der Waals surface area contributed by atoms with Crippen molar-refractivity contribution in [2.24, 2.45) is 16.8 Å². The third-order valence-corrected chi connectivity index (χ3v) is 2.98. The summed E-state index contributed by atoms with van der Waals surface area (Å²) in [6.07, 6.45) is 9.57. The smallest absolute Gasteiger partial charge is 0.0464 e. The van der Waals surface area contributed by atoms with Gasteiger partial charge in [-0.25, -0.2) is 0 Å². The van der Waals surface area contributed by atoms with E-state index in [1.54, 1.807) is 0 Å². The molecule has 90 valence electrons. The summed E-state index contributed by atoms with van der Waals surface area (Å²) in [5, 5.41) is 3.53. The molecule has 0 fully saturated rings. The van der Waals surface area contributed by atoms with E-state index in [0.29, 0.717) is 11.8 Å². The van der Waals surface area contributed by atoms with Crippen LogP contribution in [-0.2, 0) is 0 Å². The minimum atomic E-state index is 0.583. The van der Waals surface area contributed by atoms with Crippen LogP contribution in [0.2, 0.25) is 0 Å². The molecule has 1 unspecified atom stereocenters. The van der Waals surface area contributed by atoms with Crippen LogP contribution in [0.25, 0.3) is 0 Å². The van der Waals surface area contributed by atoms with Crippen molar-refractivity contribution in [3.8, 4) is 0 Å². The van der Waals surface area contributed by atoms with E-state index in [1.807, 2.05) is 12.3 Å². The monoisotopic (exact) mass is 220 g/mol. The largest absolute Gasteiger partial charge is 0.316 e. The van der Waals surface area contributed by atoms with Crippen molar-refractivity contribution < 1.29 is 0 Å². The lowest BCUT2D eigenvalue weighted by atomic mass is 10.0. The van der Waals surface area contributed by atoms with Crippen LogP contribution < -0.4 is 5.32 Å². The molecule has 0 saturated heterocycles. The van der Waals surface area contributed by atoms with Crippen molar-refractivity contribution in [1.82, 2.24) is 5.32 Å². The van der Waals surface area contributed by atoms with Crippen LogP contribution in [-0.4, -0.2) is 25.8 Å². The van der Waals surface area contributed by atoms with E-state index in [0.717, 1.165) is 19.6 Å². The highest BCUT2D eigenvalue weighted by Gasteiger charge is 2.07. The Morgan fingerprint density at radius 1 is 1.62 bits per heavy atom. The fourth-order valence-corrected chi connectivity index (χ4v) is 1.91. The highest BCUT2D eigenvalue weighted by molar-refractivity contribution is 5.71. The van der Waals surface area contributed by atoms with Crippen molar-refractivity contribution in [2.45, 2.75) is 27.2 Å². The van der Waals surface area contributed by atoms with Gasteiger partial charge in [-0.05, 0) is 38.8 Å². The summed E-state index contributed by atoms with van der Waals surface area (Å²) >= 11 is 0. The molecule has 2 nitrogen and oxygen atoms in total. The van der Waals surface area contributed by atoms with Crippen LogP contribution in [0.3, 0.4) is 0 Å². The maximum absolute atomic E-state index is 4.26. The van der Waals surface area contributed by atoms with Crippen LogP contribution in [0.5, 0.6) is 0 Å². The molecule has 0 bridgehead atoms. The summed E-state index contributed by atoms with van der Waals surface area (Å²) in [6, 6.07) is 0. The topological polar surface area (TPSA) is 24.4 Å². The Morgan fingerprint density at radius 3 is 3.06 bits per heavy atom. The van der Waals surface area contributed by atoms with E-state index in [-0.39, 0.29) is 0 Å². The maximum Gasteiger partial charge on any atom is 0.0464 e. The Hall–Kier alpha value is -0.890. The summed E-state index contributed by atoms with van der Waals surface area (Å²) < 4.78 is 0. The average molecular weight is 220 g/mol. The molecule has 0 spiro atoms. The molecule has 2 heteroatoms. The SMILES string of the molecule is C/C=C(/C)C[C@H](C)CNCC1C=CC=NC1. The third kappa shape index (κ3) is 5.26. The predicted octanol–water partition coefficient (Wildman–Crippen LogP) is 2.83. The number of nitrogens with one attached hydrogen (secondary N) is 1. The second kappa shape index (κ2) is 7.39. The summed E-state index contributed by atoms with van der Waals surface area (Å²) in [6.45, 7) is 9.70. The van der Waals surface area contributed by atoms with Gasteiger partial charge in [0.25, 0.3) is 0 Å². The predicted molar refractivity (Wildman–Crippen MR) is 72.1 cm³/mol. The molecule has 1 rings (SSSR count). The quantitative estimate of drug-likeness (QED) is 0.684. The van der Waals surface area contributed by atoms with Crippen LogP contribution in [0, 0.1) is 11.8 Å². The van der Waals surface area contributed by atoms with Crippen LogP contribution >= 0.6 is 0 Å². The number of nitrogens with zero attached hydrogens (tertiary/aromatic N) is 1. The zero-order valence-corrected chi connectivity index (χ0v) is 10.7. The van der Waals surface area contributed by atoms with Crippen LogP contribution in [0.15, 0.2) is 28.8 Å². The summed E-state index contributed by atoms with van der Waals surface area (Å²) in [5.41, 5.74) is 1.48. The van der Waals surface area contributed by atoms with E-state index in [4.69, 9.17) is 0 Å². The molecule has 0 aliphatic carbocycles. The van der Waals surface area contributed by atoms with Crippen molar-refractivity contribution in [3.05, 3.63) is 23.8 Å². The first-order valence-corrected chi connectivity index (χ1v) is 6.21. The molecule has 2 atom stereocenters. The van der Waals surface area contributed by atoms with Crippen molar-refractivity contribution in [1.29, 1.82) is 0 Å². The first-order chi connectivity index (χ1) is 7.72. The lowest BCUT2D eigenvalue weighted by Gasteiger charge is -2.16. The third-order valence-electron chi connectivity index (χ3n) is 2.98. The fourth-order valence-electron chi connectivity index (χ4n) is 1.91. The molecule has 0 saturated carbocycles. The molecule has 0 amide bonds. The molecule has 0 aromatic heterocycles. The number of hydrogen-bond acceptors (Lipinski definition) is 2. The Kier molecular flexibility index (Phi) is 6.09. The zero-order chi connectivity index (χ0) is 11.8. The number of allylic oxidation sites excluding steroid dienone is 3. The first-order valence-electron chi connectivity index (χ1n) is 6.21. The second-order valence-electron chi connectivity index (χ2n) is 4.76. The minimum absolute atomic E-state index is 0.583. The first kappa shape index (κ1) is 13.2. The molecule has 1 aliphatic heterocycles. The van der Waals surface area contributed by atoms with Crippen molar-refractivity contribution >= 4 is 6.21 Å². The van der Waals surface area contributed by atoms with Gasteiger partial charge in [0, 0.05) is 25.2 Å². The normalized spacial score (nSPS) is 22.4. The molecule has 16 heavy (non-hydrogen) atoms. The van der Waals surface area contributed by atoms with Gasteiger partial charge in [-0.15, -0.1) is 0 Å². The number of dihydropyridines is 1. The van der Waals surface area contributed by atoms with E-state index in [2.05, 4.69) is 43.2 Å².